The van der Waals surface area contributed by atoms with Gasteiger partial charge in [-0.05, 0) is 12.1 Å². The molecule has 0 aromatic heterocycles. The molecule has 0 N–H and O–H groups in total. The maximum Gasteiger partial charge on any atom is 4.00 e. The third-order valence-corrected chi connectivity index (χ3v) is 7.68. The van der Waals surface area contributed by atoms with Crippen molar-refractivity contribution in [2.24, 2.45) is 0 Å². The van der Waals surface area contributed by atoms with Crippen LogP contribution in [0.3, 0.4) is 0 Å². The van der Waals surface area contributed by atoms with E-state index in [0.29, 0.717) is 11.8 Å². The molecule has 5 heteroatoms. The number of fused-ring (bicyclic) bond motifs is 4. The first-order chi connectivity index (χ1) is 15.8. The van der Waals surface area contributed by atoms with E-state index in [1.165, 1.54) is 43.2 Å². The van der Waals surface area contributed by atoms with Crippen molar-refractivity contribution in [3.8, 4) is 0 Å². The molecule has 2 atom stereocenters. The van der Waals surface area contributed by atoms with Gasteiger partial charge in [0.25, 0.3) is 0 Å². The maximum atomic E-state index is 3.49. The molecule has 0 saturated carbocycles. The van der Waals surface area contributed by atoms with Crippen molar-refractivity contribution in [1.82, 2.24) is 0 Å². The summed E-state index contributed by atoms with van der Waals surface area (Å²) >= 11 is 5.34. The van der Waals surface area contributed by atoms with E-state index in [1.54, 1.807) is 0 Å². The molecule has 1 aliphatic heterocycles. The second kappa shape index (κ2) is 12.3. The summed E-state index contributed by atoms with van der Waals surface area (Å²) < 4.78 is 1.12. The van der Waals surface area contributed by atoms with E-state index in [2.05, 4.69) is 125 Å². The van der Waals surface area contributed by atoms with Crippen LogP contribution in [0.2, 0.25) is 0 Å². The van der Waals surface area contributed by atoms with Crippen molar-refractivity contribution < 1.29 is 51.0 Å². The molecule has 0 spiro atoms. The third-order valence-electron chi connectivity index (χ3n) is 6.12. The largest absolute Gasteiger partial charge is 4.00 e. The van der Waals surface area contributed by atoms with Crippen LogP contribution in [0, 0.1) is 12.2 Å². The average Bonchev–Trinajstić information content (AvgIpc) is 3.45. The van der Waals surface area contributed by atoms with Gasteiger partial charge in [0.15, 0.2) is 0 Å². The molecule has 170 valence electrons. The Morgan fingerprint density at radius 3 is 2.20 bits per heavy atom. The summed E-state index contributed by atoms with van der Waals surface area (Å²) in [6.45, 7) is 0. The second-order valence-electron chi connectivity index (χ2n) is 8.11. The molecule has 2 aliphatic carbocycles. The van der Waals surface area contributed by atoms with Crippen LogP contribution in [-0.2, 0) is 26.2 Å². The zero-order chi connectivity index (χ0) is 21.5. The van der Waals surface area contributed by atoms with Crippen molar-refractivity contribution in [3.05, 3.63) is 141 Å². The molecule has 6 bridgehead atoms. The molecule has 4 aromatic carbocycles. The van der Waals surface area contributed by atoms with Crippen molar-refractivity contribution >= 4 is 39.8 Å². The number of halogens is 3. The van der Waals surface area contributed by atoms with E-state index >= 15 is 0 Å². The Balaban J connectivity index is 0.000000180. The van der Waals surface area contributed by atoms with E-state index < -0.39 is 0 Å². The van der Waals surface area contributed by atoms with Gasteiger partial charge in [0.2, 0.25) is 0 Å². The van der Waals surface area contributed by atoms with Crippen molar-refractivity contribution in [2.45, 2.75) is 21.6 Å². The van der Waals surface area contributed by atoms with E-state index in [0.717, 1.165) is 4.47 Å². The zero-order valence-corrected chi connectivity index (χ0v) is 24.9. The fraction of sp³-hybridized carbons (Fsp3) is 0.0667. The van der Waals surface area contributed by atoms with Gasteiger partial charge in [-0.1, -0.05) is 117 Å². The van der Waals surface area contributed by atoms with Crippen LogP contribution >= 0.6 is 27.7 Å². The fourth-order valence-electron chi connectivity index (χ4n) is 4.59. The first kappa shape index (κ1) is 28.2. The van der Waals surface area contributed by atoms with Gasteiger partial charge in [0.1, 0.15) is 0 Å². The van der Waals surface area contributed by atoms with Crippen LogP contribution in [0.5, 0.6) is 0 Å². The summed E-state index contributed by atoms with van der Waals surface area (Å²) in [5.74, 6) is 0.639. The van der Waals surface area contributed by atoms with Gasteiger partial charge in [0, 0.05) is 9.37 Å². The molecule has 3 aliphatic rings. The SMILES string of the molecule is Brc1ccc2c(c1)C=[C-]C2c1ccccc1.[C-]1=Cc2c3cccc2C1c1cccc(c1)S3.[Cl-].[Cl-].[Zr+4]. The van der Waals surface area contributed by atoms with Gasteiger partial charge in [-0.2, -0.15) is 11.1 Å². The van der Waals surface area contributed by atoms with Gasteiger partial charge in [0.05, 0.1) is 0 Å². The van der Waals surface area contributed by atoms with Gasteiger partial charge in [-0.15, -0.1) is 29.0 Å². The van der Waals surface area contributed by atoms with Gasteiger partial charge < -0.3 is 24.8 Å². The summed E-state index contributed by atoms with van der Waals surface area (Å²) in [5, 5.41) is 0. The van der Waals surface area contributed by atoms with Crippen LogP contribution in [-0.4, -0.2) is 0 Å². The number of hydrogen-bond donors (Lipinski definition) is 0. The number of allylic oxidation sites excluding steroid dienone is 2. The van der Waals surface area contributed by atoms with Crippen LogP contribution in [0.4, 0.5) is 0 Å². The molecule has 4 aromatic rings. The number of hydrogen-bond acceptors (Lipinski definition) is 1. The summed E-state index contributed by atoms with van der Waals surface area (Å²) in [7, 11) is 0. The standard InChI is InChI=1S/C15H10Br.C15H9S.2ClH.Zr/c16-13-7-9-15-12(10-13)6-8-14(15)11-4-2-1-3-5-11;1-3-10-9-11(4-1)16-15-6-2-5-13-12(10)7-8-14(13)15;;;/h1-7,9-10,14H;1-6,8-9,12H;2*1H;/q2*-1;;;+4/p-2. The quantitative estimate of drug-likeness (QED) is 0.285. The number of rotatable bonds is 1. The number of benzene rings is 4. The minimum Gasteiger partial charge on any atom is -1.00 e. The monoisotopic (exact) mass is 650 g/mol. The van der Waals surface area contributed by atoms with E-state index in [9.17, 15) is 0 Å². The Hall–Kier alpha value is -1.35. The predicted molar refractivity (Wildman–Crippen MR) is 137 cm³/mol. The van der Waals surface area contributed by atoms with Crippen LogP contribution in [0.25, 0.3) is 12.2 Å². The van der Waals surface area contributed by atoms with E-state index in [1.807, 2.05) is 17.8 Å². The Morgan fingerprint density at radius 1 is 0.657 bits per heavy atom. The third kappa shape index (κ3) is 5.66. The second-order valence-corrected chi connectivity index (χ2v) is 10.1. The Labute approximate surface area is 251 Å². The summed E-state index contributed by atoms with van der Waals surface area (Å²) in [4.78, 5) is 2.68. The van der Waals surface area contributed by atoms with Crippen LogP contribution in [0.1, 0.15) is 45.2 Å². The Morgan fingerprint density at radius 2 is 1.37 bits per heavy atom. The van der Waals surface area contributed by atoms with Crippen molar-refractivity contribution in [1.29, 1.82) is 0 Å². The fourth-order valence-corrected chi connectivity index (χ4v) is 6.00. The minimum atomic E-state index is 0. The molecule has 0 saturated heterocycles. The smallest absolute Gasteiger partial charge is 1.00 e. The molecule has 35 heavy (non-hydrogen) atoms. The normalized spacial score (nSPS) is 16.8. The molecular weight excluding hydrogens is 634 g/mol. The summed E-state index contributed by atoms with van der Waals surface area (Å²) in [6, 6.07) is 32.3. The average molecular weight is 654 g/mol. The molecular formula is C30H19BrCl2SZr. The van der Waals surface area contributed by atoms with Crippen LogP contribution in [0.15, 0.2) is 105 Å². The van der Waals surface area contributed by atoms with E-state index in [4.69, 9.17) is 0 Å². The van der Waals surface area contributed by atoms with E-state index in [-0.39, 0.29) is 51.0 Å². The van der Waals surface area contributed by atoms with Crippen molar-refractivity contribution in [2.75, 3.05) is 0 Å². The molecule has 0 amide bonds. The summed E-state index contributed by atoms with van der Waals surface area (Å²) in [5.41, 5.74) is 8.04. The van der Waals surface area contributed by atoms with Gasteiger partial charge in [-0.3, -0.25) is 12.2 Å². The molecule has 0 nitrogen and oxygen atoms in total. The molecule has 7 rings (SSSR count). The van der Waals surface area contributed by atoms with Crippen LogP contribution < -0.4 is 24.8 Å². The zero-order valence-electron chi connectivity index (χ0n) is 18.5. The molecule has 0 radical (unpaired) electrons. The van der Waals surface area contributed by atoms with Gasteiger partial charge >= 0.3 is 26.2 Å². The molecule has 2 unspecified atom stereocenters. The maximum absolute atomic E-state index is 3.49. The topological polar surface area (TPSA) is 0 Å². The van der Waals surface area contributed by atoms with Gasteiger partial charge in [-0.25, -0.2) is 12.2 Å². The Bertz CT molecular complexity index is 1380. The Kier molecular flexibility index (Phi) is 9.89. The first-order valence-corrected chi connectivity index (χ1v) is 12.3. The molecule has 1 heterocycles. The predicted octanol–water partition coefficient (Wildman–Crippen LogP) is 2.53. The summed E-state index contributed by atoms with van der Waals surface area (Å²) in [6.07, 6.45) is 11.1. The van der Waals surface area contributed by atoms with Crippen molar-refractivity contribution in [3.63, 3.8) is 0 Å². The first-order valence-electron chi connectivity index (χ1n) is 10.7. The molecule has 0 fully saturated rings. The minimum absolute atomic E-state index is 0.